The maximum absolute atomic E-state index is 10.7. The van der Waals surface area contributed by atoms with Crippen molar-refractivity contribution in [2.75, 3.05) is 0 Å². The molecule has 0 bridgehead atoms. The number of aliphatic carboxylic acids is 1. The molecule has 0 aliphatic rings. The van der Waals surface area contributed by atoms with E-state index in [2.05, 4.69) is 12.2 Å². The summed E-state index contributed by atoms with van der Waals surface area (Å²) in [7, 11) is 0. The van der Waals surface area contributed by atoms with Crippen molar-refractivity contribution in [1.82, 2.24) is 5.32 Å². The second kappa shape index (κ2) is 8.18. The molecule has 0 radical (unpaired) electrons. The van der Waals surface area contributed by atoms with Gasteiger partial charge in [-0.25, -0.2) is 0 Å². The standard InChI is InChI=1S/C15H22ClNO2/c1-11(15(18)19)6-5-7-12(2)17-10-13-8-3-4-9-14(13)16/h3-4,8-9,11-12,17H,5-7,10H2,1-2H3,(H,18,19). The molecule has 0 aliphatic carbocycles. The minimum absolute atomic E-state index is 0.254. The van der Waals surface area contributed by atoms with Crippen molar-refractivity contribution in [3.8, 4) is 0 Å². The molecule has 4 heteroatoms. The lowest BCUT2D eigenvalue weighted by Crippen LogP contribution is -2.25. The number of carbonyl (C=O) groups is 1. The van der Waals surface area contributed by atoms with Crippen LogP contribution in [0.1, 0.15) is 38.7 Å². The van der Waals surface area contributed by atoms with Gasteiger partial charge >= 0.3 is 5.97 Å². The molecule has 1 aromatic rings. The third-order valence-electron chi connectivity index (χ3n) is 3.29. The van der Waals surface area contributed by atoms with Crippen LogP contribution in [0.2, 0.25) is 5.02 Å². The largest absolute Gasteiger partial charge is 0.481 e. The SMILES string of the molecule is CC(CCCC(C)C(=O)O)NCc1ccccc1Cl. The Balaban J connectivity index is 2.23. The van der Waals surface area contributed by atoms with E-state index in [4.69, 9.17) is 16.7 Å². The lowest BCUT2D eigenvalue weighted by Gasteiger charge is -2.15. The van der Waals surface area contributed by atoms with Gasteiger partial charge in [0.1, 0.15) is 0 Å². The molecule has 106 valence electrons. The second-order valence-electron chi connectivity index (χ2n) is 5.04. The molecule has 0 heterocycles. The Hall–Kier alpha value is -1.06. The minimum Gasteiger partial charge on any atom is -0.481 e. The average Bonchev–Trinajstić information content (AvgIpc) is 2.37. The van der Waals surface area contributed by atoms with Gasteiger partial charge in [0.2, 0.25) is 0 Å². The Morgan fingerprint density at radius 1 is 1.32 bits per heavy atom. The molecule has 0 saturated carbocycles. The Morgan fingerprint density at radius 2 is 2.00 bits per heavy atom. The first-order valence-electron chi connectivity index (χ1n) is 6.70. The highest BCUT2D eigenvalue weighted by Gasteiger charge is 2.11. The van der Waals surface area contributed by atoms with Crippen molar-refractivity contribution in [1.29, 1.82) is 0 Å². The van der Waals surface area contributed by atoms with Gasteiger partial charge in [-0.1, -0.05) is 43.1 Å². The van der Waals surface area contributed by atoms with E-state index in [1.165, 1.54) is 0 Å². The monoisotopic (exact) mass is 283 g/mol. The van der Waals surface area contributed by atoms with Crippen LogP contribution in [0, 0.1) is 5.92 Å². The van der Waals surface area contributed by atoms with Gasteiger partial charge < -0.3 is 10.4 Å². The first-order valence-corrected chi connectivity index (χ1v) is 7.08. The van der Waals surface area contributed by atoms with Crippen LogP contribution in [0.3, 0.4) is 0 Å². The highest BCUT2D eigenvalue weighted by molar-refractivity contribution is 6.31. The first kappa shape index (κ1) is 16.0. The van der Waals surface area contributed by atoms with Gasteiger partial charge in [0.05, 0.1) is 5.92 Å². The van der Waals surface area contributed by atoms with Crippen LogP contribution in [0.15, 0.2) is 24.3 Å². The molecule has 0 saturated heterocycles. The number of hydrogen-bond donors (Lipinski definition) is 2. The van der Waals surface area contributed by atoms with Crippen molar-refractivity contribution in [3.63, 3.8) is 0 Å². The molecule has 19 heavy (non-hydrogen) atoms. The van der Waals surface area contributed by atoms with Crippen LogP contribution in [-0.2, 0) is 11.3 Å². The quantitative estimate of drug-likeness (QED) is 0.765. The number of benzene rings is 1. The molecule has 1 aromatic carbocycles. The van der Waals surface area contributed by atoms with Gasteiger partial charge in [-0.05, 0) is 31.4 Å². The van der Waals surface area contributed by atoms with E-state index in [1.54, 1.807) is 6.92 Å². The Morgan fingerprint density at radius 3 is 2.63 bits per heavy atom. The average molecular weight is 284 g/mol. The summed E-state index contributed by atoms with van der Waals surface area (Å²) in [6.07, 6.45) is 2.62. The summed E-state index contributed by atoms with van der Waals surface area (Å²) in [6, 6.07) is 8.15. The third-order valence-corrected chi connectivity index (χ3v) is 3.66. The van der Waals surface area contributed by atoms with Gasteiger partial charge in [0.15, 0.2) is 0 Å². The maximum Gasteiger partial charge on any atom is 0.306 e. The van der Waals surface area contributed by atoms with E-state index < -0.39 is 5.97 Å². The number of carboxylic acid groups (broad SMARTS) is 1. The van der Waals surface area contributed by atoms with Crippen LogP contribution in [0.25, 0.3) is 0 Å². The topological polar surface area (TPSA) is 49.3 Å². The van der Waals surface area contributed by atoms with Gasteiger partial charge in [-0.2, -0.15) is 0 Å². The minimum atomic E-state index is -0.711. The fourth-order valence-corrected chi connectivity index (χ4v) is 2.08. The Bertz CT molecular complexity index is 409. The van der Waals surface area contributed by atoms with E-state index in [0.29, 0.717) is 6.04 Å². The molecule has 2 atom stereocenters. The predicted molar refractivity (Wildman–Crippen MR) is 78.4 cm³/mol. The highest BCUT2D eigenvalue weighted by Crippen LogP contribution is 2.15. The summed E-state index contributed by atoms with van der Waals surface area (Å²) in [5.74, 6) is -0.965. The zero-order valence-electron chi connectivity index (χ0n) is 11.5. The Kier molecular flexibility index (Phi) is 6.89. The van der Waals surface area contributed by atoms with Crippen LogP contribution in [-0.4, -0.2) is 17.1 Å². The number of nitrogens with one attached hydrogen (secondary N) is 1. The van der Waals surface area contributed by atoms with Crippen molar-refractivity contribution >= 4 is 17.6 Å². The molecule has 2 N–H and O–H groups in total. The smallest absolute Gasteiger partial charge is 0.306 e. The summed E-state index contributed by atoms with van der Waals surface area (Å²) in [5.41, 5.74) is 1.09. The predicted octanol–water partition coefficient (Wildman–Crippen LogP) is 3.71. The zero-order valence-corrected chi connectivity index (χ0v) is 12.3. The second-order valence-corrected chi connectivity index (χ2v) is 5.45. The first-order chi connectivity index (χ1) is 9.00. The van der Waals surface area contributed by atoms with E-state index in [1.807, 2.05) is 24.3 Å². The van der Waals surface area contributed by atoms with E-state index in [-0.39, 0.29) is 5.92 Å². The fourth-order valence-electron chi connectivity index (χ4n) is 1.88. The molecule has 0 aliphatic heterocycles. The van der Waals surface area contributed by atoms with Crippen molar-refractivity contribution in [2.45, 2.75) is 45.7 Å². The number of rotatable bonds is 8. The number of halogens is 1. The molecule has 3 nitrogen and oxygen atoms in total. The van der Waals surface area contributed by atoms with Crippen LogP contribution in [0.4, 0.5) is 0 Å². The zero-order chi connectivity index (χ0) is 14.3. The maximum atomic E-state index is 10.7. The van der Waals surface area contributed by atoms with Crippen molar-refractivity contribution in [3.05, 3.63) is 34.9 Å². The Labute approximate surface area is 120 Å². The normalized spacial score (nSPS) is 14.1. The van der Waals surface area contributed by atoms with Crippen LogP contribution >= 0.6 is 11.6 Å². The van der Waals surface area contributed by atoms with Gasteiger partial charge in [-0.3, -0.25) is 4.79 Å². The summed E-state index contributed by atoms with van der Waals surface area (Å²) < 4.78 is 0. The van der Waals surface area contributed by atoms with Crippen molar-refractivity contribution in [2.24, 2.45) is 5.92 Å². The molecule has 1 rings (SSSR count). The van der Waals surface area contributed by atoms with Crippen LogP contribution in [0.5, 0.6) is 0 Å². The van der Waals surface area contributed by atoms with Gasteiger partial charge in [0.25, 0.3) is 0 Å². The van der Waals surface area contributed by atoms with E-state index in [0.717, 1.165) is 36.4 Å². The summed E-state index contributed by atoms with van der Waals surface area (Å²) >= 11 is 6.08. The molecular formula is C15H22ClNO2. The lowest BCUT2D eigenvalue weighted by molar-refractivity contribution is -0.141. The molecule has 0 fully saturated rings. The van der Waals surface area contributed by atoms with Crippen LogP contribution < -0.4 is 5.32 Å². The highest BCUT2D eigenvalue weighted by atomic mass is 35.5. The molecule has 0 amide bonds. The molecule has 2 unspecified atom stereocenters. The lowest BCUT2D eigenvalue weighted by atomic mass is 10.0. The fraction of sp³-hybridized carbons (Fsp3) is 0.533. The molecule has 0 spiro atoms. The summed E-state index contributed by atoms with van der Waals surface area (Å²) in [4.78, 5) is 10.7. The summed E-state index contributed by atoms with van der Waals surface area (Å²) in [5, 5.41) is 13.0. The summed E-state index contributed by atoms with van der Waals surface area (Å²) in [6.45, 7) is 4.61. The van der Waals surface area contributed by atoms with E-state index in [9.17, 15) is 4.79 Å². The molecule has 0 aromatic heterocycles. The number of hydrogen-bond acceptors (Lipinski definition) is 2. The van der Waals surface area contributed by atoms with E-state index >= 15 is 0 Å². The van der Waals surface area contributed by atoms with Crippen molar-refractivity contribution < 1.29 is 9.90 Å². The number of carboxylic acids is 1. The third kappa shape index (κ3) is 6.08. The molecular weight excluding hydrogens is 262 g/mol. The van der Waals surface area contributed by atoms with Gasteiger partial charge in [0, 0.05) is 17.6 Å². The van der Waals surface area contributed by atoms with Gasteiger partial charge in [-0.15, -0.1) is 0 Å².